The lowest BCUT2D eigenvalue weighted by Gasteiger charge is -2.26. The van der Waals surface area contributed by atoms with Gasteiger partial charge in [0.25, 0.3) is 0 Å². The molecular weight excluding hydrogens is 310 g/mol. The molecule has 4 aromatic rings. The summed E-state index contributed by atoms with van der Waals surface area (Å²) in [5, 5.41) is 14.0. The van der Waals surface area contributed by atoms with E-state index in [-0.39, 0.29) is 0 Å². The Kier molecular flexibility index (Phi) is 3.52. The molecule has 3 nitrogen and oxygen atoms in total. The number of rotatable bonds is 3. The van der Waals surface area contributed by atoms with Gasteiger partial charge in [0.15, 0.2) is 5.54 Å². The van der Waals surface area contributed by atoms with E-state index < -0.39 is 11.5 Å². The minimum absolute atomic E-state index is 0.564. The van der Waals surface area contributed by atoms with E-state index in [1.165, 1.54) is 0 Å². The molecule has 0 bridgehead atoms. The molecule has 25 heavy (non-hydrogen) atoms. The lowest BCUT2D eigenvalue weighted by molar-refractivity contribution is -0.142. The van der Waals surface area contributed by atoms with E-state index in [1.807, 2.05) is 72.8 Å². The van der Waals surface area contributed by atoms with Crippen molar-refractivity contribution in [2.24, 2.45) is 5.73 Å². The summed E-state index contributed by atoms with van der Waals surface area (Å²) >= 11 is 0. The van der Waals surface area contributed by atoms with Crippen molar-refractivity contribution in [3.8, 4) is 0 Å². The second-order valence-corrected chi connectivity index (χ2v) is 6.24. The molecule has 0 aromatic heterocycles. The Morgan fingerprint density at radius 2 is 1.08 bits per heavy atom. The fourth-order valence-electron chi connectivity index (χ4n) is 3.28. The first-order valence-electron chi connectivity index (χ1n) is 8.10. The molecule has 0 saturated heterocycles. The van der Waals surface area contributed by atoms with Crippen molar-refractivity contribution in [1.29, 1.82) is 0 Å². The summed E-state index contributed by atoms with van der Waals surface area (Å²) in [5.41, 5.74) is 5.99. The number of nitrogens with two attached hydrogens (primary N) is 1. The first-order chi connectivity index (χ1) is 12.1. The van der Waals surface area contributed by atoms with Crippen molar-refractivity contribution < 1.29 is 9.90 Å². The number of carboxylic acid groups (broad SMARTS) is 1. The van der Waals surface area contributed by atoms with Gasteiger partial charge in [-0.3, -0.25) is 0 Å². The van der Waals surface area contributed by atoms with Crippen molar-refractivity contribution in [3.63, 3.8) is 0 Å². The minimum atomic E-state index is -1.60. The Hall–Kier alpha value is -3.17. The molecule has 0 aliphatic heterocycles. The third-order valence-corrected chi connectivity index (χ3v) is 4.75. The molecule has 0 radical (unpaired) electrons. The highest BCUT2D eigenvalue weighted by Crippen LogP contribution is 2.31. The van der Waals surface area contributed by atoms with E-state index in [1.54, 1.807) is 12.1 Å². The van der Waals surface area contributed by atoms with Crippen LogP contribution in [0.5, 0.6) is 0 Å². The van der Waals surface area contributed by atoms with Gasteiger partial charge in [-0.05, 0) is 44.8 Å². The highest BCUT2D eigenvalue weighted by Gasteiger charge is 2.38. The zero-order chi connectivity index (χ0) is 17.4. The van der Waals surface area contributed by atoms with E-state index in [9.17, 15) is 9.90 Å². The largest absolute Gasteiger partial charge is 0.479 e. The van der Waals surface area contributed by atoms with Crippen LogP contribution in [-0.2, 0) is 10.3 Å². The fourth-order valence-corrected chi connectivity index (χ4v) is 3.28. The van der Waals surface area contributed by atoms with Gasteiger partial charge < -0.3 is 10.8 Å². The van der Waals surface area contributed by atoms with Crippen molar-refractivity contribution in [1.82, 2.24) is 0 Å². The smallest absolute Gasteiger partial charge is 0.333 e. The maximum Gasteiger partial charge on any atom is 0.333 e. The zero-order valence-corrected chi connectivity index (χ0v) is 13.5. The van der Waals surface area contributed by atoms with Gasteiger partial charge in [-0.15, -0.1) is 0 Å². The van der Waals surface area contributed by atoms with Crippen LogP contribution in [0, 0.1) is 0 Å². The molecule has 0 spiro atoms. The molecule has 0 heterocycles. The number of fused-ring (bicyclic) bond motifs is 2. The van der Waals surface area contributed by atoms with Crippen LogP contribution in [0.25, 0.3) is 21.5 Å². The number of carboxylic acids is 1. The molecule has 0 saturated carbocycles. The van der Waals surface area contributed by atoms with Crippen molar-refractivity contribution in [2.75, 3.05) is 0 Å². The quantitative estimate of drug-likeness (QED) is 0.590. The predicted octanol–water partition coefficient (Wildman–Crippen LogP) is 4.28. The Bertz CT molecular complexity index is 1020. The third-order valence-electron chi connectivity index (χ3n) is 4.75. The maximum absolute atomic E-state index is 12.2. The van der Waals surface area contributed by atoms with Gasteiger partial charge in [-0.2, -0.15) is 0 Å². The summed E-state index contributed by atoms with van der Waals surface area (Å²) in [5.74, 6) is -1.07. The molecule has 4 aromatic carbocycles. The number of carbonyl (C=O) groups is 1. The van der Waals surface area contributed by atoms with Crippen LogP contribution in [0.3, 0.4) is 0 Å². The average Bonchev–Trinajstić information content (AvgIpc) is 2.66. The second-order valence-electron chi connectivity index (χ2n) is 6.24. The summed E-state index contributed by atoms with van der Waals surface area (Å²) in [7, 11) is 0. The number of hydrogen-bond acceptors (Lipinski definition) is 2. The molecule has 3 heteroatoms. The van der Waals surface area contributed by atoms with Crippen LogP contribution in [0.4, 0.5) is 0 Å². The molecule has 122 valence electrons. The molecule has 0 fully saturated rings. The first-order valence-corrected chi connectivity index (χ1v) is 8.10. The zero-order valence-electron chi connectivity index (χ0n) is 13.5. The van der Waals surface area contributed by atoms with Crippen LogP contribution in [0.1, 0.15) is 11.1 Å². The summed E-state index contributed by atoms with van der Waals surface area (Å²) < 4.78 is 0. The summed E-state index contributed by atoms with van der Waals surface area (Å²) in [6.07, 6.45) is 0. The lowest BCUT2D eigenvalue weighted by Crippen LogP contribution is -2.45. The average molecular weight is 327 g/mol. The van der Waals surface area contributed by atoms with Crippen molar-refractivity contribution in [2.45, 2.75) is 5.54 Å². The molecule has 4 rings (SSSR count). The maximum atomic E-state index is 12.2. The van der Waals surface area contributed by atoms with Gasteiger partial charge >= 0.3 is 5.97 Å². The summed E-state index contributed by atoms with van der Waals surface area (Å²) in [6, 6.07) is 26.8. The Morgan fingerprint density at radius 3 is 1.48 bits per heavy atom. The first kappa shape index (κ1) is 15.4. The Balaban J connectivity index is 1.94. The van der Waals surface area contributed by atoms with E-state index in [0.717, 1.165) is 21.5 Å². The van der Waals surface area contributed by atoms with Crippen LogP contribution in [0.2, 0.25) is 0 Å². The fraction of sp³-hybridized carbons (Fsp3) is 0.0455. The molecule has 0 atom stereocenters. The summed E-state index contributed by atoms with van der Waals surface area (Å²) in [4.78, 5) is 12.2. The molecule has 0 unspecified atom stereocenters. The number of hydrogen-bond donors (Lipinski definition) is 2. The predicted molar refractivity (Wildman–Crippen MR) is 100 cm³/mol. The van der Waals surface area contributed by atoms with Crippen LogP contribution >= 0.6 is 0 Å². The Labute approximate surface area is 145 Å². The highest BCUT2D eigenvalue weighted by atomic mass is 16.4. The molecule has 3 N–H and O–H groups in total. The summed E-state index contributed by atoms with van der Waals surface area (Å²) in [6.45, 7) is 0. The second kappa shape index (κ2) is 5.72. The monoisotopic (exact) mass is 327 g/mol. The van der Waals surface area contributed by atoms with Crippen LogP contribution in [0.15, 0.2) is 84.9 Å². The lowest BCUT2D eigenvalue weighted by atomic mass is 9.82. The normalized spacial score (nSPS) is 11.7. The Morgan fingerprint density at radius 1 is 0.680 bits per heavy atom. The standard InChI is InChI=1S/C22H17NO2/c23-22(21(24)25,19-11-9-15-5-1-3-7-17(15)13-19)20-12-10-16-6-2-4-8-18(16)14-20/h1-14H,23H2,(H,24,25). The van der Waals surface area contributed by atoms with E-state index >= 15 is 0 Å². The molecular formula is C22H17NO2. The minimum Gasteiger partial charge on any atom is -0.479 e. The number of benzene rings is 4. The number of aliphatic carboxylic acids is 1. The SMILES string of the molecule is NC(C(=O)O)(c1ccc2ccccc2c1)c1ccc2ccccc2c1. The van der Waals surface area contributed by atoms with Crippen molar-refractivity contribution >= 4 is 27.5 Å². The topological polar surface area (TPSA) is 63.3 Å². The van der Waals surface area contributed by atoms with Crippen LogP contribution in [-0.4, -0.2) is 11.1 Å². The van der Waals surface area contributed by atoms with E-state index in [4.69, 9.17) is 5.73 Å². The van der Waals surface area contributed by atoms with Gasteiger partial charge in [0.1, 0.15) is 0 Å². The molecule has 0 aliphatic rings. The third kappa shape index (κ3) is 2.46. The van der Waals surface area contributed by atoms with Crippen molar-refractivity contribution in [3.05, 3.63) is 96.1 Å². The van der Waals surface area contributed by atoms with Gasteiger partial charge in [-0.25, -0.2) is 4.79 Å². The molecule has 0 aliphatic carbocycles. The molecule has 0 amide bonds. The van der Waals surface area contributed by atoms with Gasteiger partial charge in [-0.1, -0.05) is 72.8 Å². The van der Waals surface area contributed by atoms with E-state index in [2.05, 4.69) is 0 Å². The van der Waals surface area contributed by atoms with Gasteiger partial charge in [0.2, 0.25) is 0 Å². The van der Waals surface area contributed by atoms with Gasteiger partial charge in [0.05, 0.1) is 0 Å². The highest BCUT2D eigenvalue weighted by molar-refractivity contribution is 5.91. The van der Waals surface area contributed by atoms with E-state index in [0.29, 0.717) is 11.1 Å². The van der Waals surface area contributed by atoms with Crippen LogP contribution < -0.4 is 5.73 Å². The van der Waals surface area contributed by atoms with Gasteiger partial charge in [0, 0.05) is 0 Å².